The van der Waals surface area contributed by atoms with Crippen LogP contribution >= 0.6 is 0 Å². The van der Waals surface area contributed by atoms with Crippen LogP contribution in [0.5, 0.6) is 0 Å². The Bertz CT molecular complexity index is 412. The number of aliphatic carboxylic acids is 1. The monoisotopic (exact) mass is 238 g/mol. The van der Waals surface area contributed by atoms with Crippen LogP contribution in [0.15, 0.2) is 10.8 Å². The second kappa shape index (κ2) is 4.21. The smallest absolute Gasteiger partial charge is 0.437 e. The van der Waals surface area contributed by atoms with Gasteiger partial charge in [-0.2, -0.15) is 13.2 Å². The lowest BCUT2D eigenvalue weighted by molar-refractivity contribution is -0.143. The van der Waals surface area contributed by atoms with Crippen molar-refractivity contribution in [3.8, 4) is 0 Å². The summed E-state index contributed by atoms with van der Waals surface area (Å²) in [7, 11) is 0. The van der Waals surface area contributed by atoms with Gasteiger partial charge in [0.1, 0.15) is 18.4 Å². The number of aromatic nitrogens is 1. The summed E-state index contributed by atoms with van der Waals surface area (Å²) in [6, 6.07) is 0. The number of nitrogens with one attached hydrogen (secondary N) is 1. The molecule has 16 heavy (non-hydrogen) atoms. The summed E-state index contributed by atoms with van der Waals surface area (Å²) in [4.78, 5) is 21.2. The number of halogens is 3. The Morgan fingerprint density at radius 3 is 2.62 bits per heavy atom. The molecule has 0 aromatic carbocycles. The Hall–Kier alpha value is -2.06. The van der Waals surface area contributed by atoms with E-state index < -0.39 is 35.9 Å². The van der Waals surface area contributed by atoms with E-state index in [2.05, 4.69) is 9.68 Å². The maximum Gasteiger partial charge on any atom is 0.437 e. The van der Waals surface area contributed by atoms with Crippen molar-refractivity contribution in [1.82, 2.24) is 10.5 Å². The number of hydrogen-bond donors (Lipinski definition) is 2. The van der Waals surface area contributed by atoms with Crippen LogP contribution in [-0.2, 0) is 11.0 Å². The number of amides is 1. The van der Waals surface area contributed by atoms with Crippen molar-refractivity contribution >= 4 is 11.9 Å². The molecule has 0 saturated heterocycles. The number of hydrogen-bond acceptors (Lipinski definition) is 4. The number of carbonyl (C=O) groups is 2. The number of alkyl halides is 3. The van der Waals surface area contributed by atoms with Crippen molar-refractivity contribution in [2.45, 2.75) is 6.18 Å². The van der Waals surface area contributed by atoms with Crippen LogP contribution in [0.1, 0.15) is 16.1 Å². The molecule has 1 aromatic rings. The van der Waals surface area contributed by atoms with Crippen LogP contribution in [0.4, 0.5) is 13.2 Å². The van der Waals surface area contributed by atoms with Crippen LogP contribution in [-0.4, -0.2) is 28.7 Å². The molecule has 1 aromatic heterocycles. The van der Waals surface area contributed by atoms with Gasteiger partial charge in [0, 0.05) is 0 Å². The molecular weight excluding hydrogens is 233 g/mol. The number of carbonyl (C=O) groups excluding carboxylic acids is 1. The summed E-state index contributed by atoms with van der Waals surface area (Å²) in [6.45, 7) is -0.790. The molecule has 0 unspecified atom stereocenters. The van der Waals surface area contributed by atoms with Gasteiger partial charge in [0.05, 0.1) is 0 Å². The van der Waals surface area contributed by atoms with Crippen molar-refractivity contribution in [3.63, 3.8) is 0 Å². The third-order valence-electron chi connectivity index (χ3n) is 1.48. The molecule has 1 amide bonds. The summed E-state index contributed by atoms with van der Waals surface area (Å²) < 4.78 is 40.7. The predicted octanol–water partition coefficient (Wildman–Crippen LogP) is 0.508. The molecule has 88 valence electrons. The summed E-state index contributed by atoms with van der Waals surface area (Å²) in [5.41, 5.74) is -2.34. The zero-order valence-electron chi connectivity index (χ0n) is 7.54. The van der Waals surface area contributed by atoms with Crippen LogP contribution in [0.25, 0.3) is 0 Å². The van der Waals surface area contributed by atoms with E-state index in [0.717, 1.165) is 0 Å². The van der Waals surface area contributed by atoms with E-state index in [0.29, 0.717) is 6.26 Å². The fraction of sp³-hybridized carbons (Fsp3) is 0.286. The molecule has 0 atom stereocenters. The van der Waals surface area contributed by atoms with Gasteiger partial charge in [0.2, 0.25) is 0 Å². The minimum absolute atomic E-state index is 0.500. The van der Waals surface area contributed by atoms with Crippen molar-refractivity contribution in [1.29, 1.82) is 0 Å². The lowest BCUT2D eigenvalue weighted by atomic mass is 10.2. The molecule has 0 aliphatic carbocycles. The first-order valence-corrected chi connectivity index (χ1v) is 3.84. The van der Waals surface area contributed by atoms with E-state index in [1.165, 1.54) is 0 Å². The molecular formula is C7H5F3N2O4. The Morgan fingerprint density at radius 1 is 1.50 bits per heavy atom. The number of rotatable bonds is 3. The lowest BCUT2D eigenvalue weighted by Crippen LogP contribution is -2.30. The Balaban J connectivity index is 2.84. The van der Waals surface area contributed by atoms with Gasteiger partial charge in [-0.15, -0.1) is 0 Å². The van der Waals surface area contributed by atoms with Crippen molar-refractivity contribution < 1.29 is 32.4 Å². The van der Waals surface area contributed by atoms with Crippen LogP contribution in [0.2, 0.25) is 0 Å². The van der Waals surface area contributed by atoms with Gasteiger partial charge in [-0.3, -0.25) is 9.59 Å². The summed E-state index contributed by atoms with van der Waals surface area (Å²) in [5.74, 6) is -2.59. The average molecular weight is 238 g/mol. The summed E-state index contributed by atoms with van der Waals surface area (Å²) >= 11 is 0. The number of nitrogens with zero attached hydrogens (tertiary/aromatic N) is 1. The average Bonchev–Trinajstić information content (AvgIpc) is 2.61. The molecule has 0 aliphatic heterocycles. The van der Waals surface area contributed by atoms with Gasteiger partial charge in [0.25, 0.3) is 5.91 Å². The van der Waals surface area contributed by atoms with Gasteiger partial charge in [-0.25, -0.2) is 0 Å². The highest BCUT2D eigenvalue weighted by molar-refractivity contribution is 5.96. The highest BCUT2D eigenvalue weighted by Crippen LogP contribution is 2.30. The van der Waals surface area contributed by atoms with Crippen LogP contribution in [0, 0.1) is 0 Å². The van der Waals surface area contributed by atoms with E-state index in [1.54, 1.807) is 5.32 Å². The first-order valence-electron chi connectivity index (χ1n) is 3.84. The first kappa shape index (κ1) is 12.0. The lowest BCUT2D eigenvalue weighted by Gasteiger charge is -2.04. The molecule has 0 spiro atoms. The molecule has 6 nitrogen and oxygen atoms in total. The van der Waals surface area contributed by atoms with Crippen molar-refractivity contribution in [2.24, 2.45) is 0 Å². The zero-order valence-corrected chi connectivity index (χ0v) is 7.54. The molecule has 1 heterocycles. The van der Waals surface area contributed by atoms with E-state index in [1.807, 2.05) is 0 Å². The second-order valence-electron chi connectivity index (χ2n) is 2.65. The minimum Gasteiger partial charge on any atom is -0.480 e. The second-order valence-corrected chi connectivity index (χ2v) is 2.65. The third-order valence-corrected chi connectivity index (χ3v) is 1.48. The quantitative estimate of drug-likeness (QED) is 0.800. The fourth-order valence-corrected chi connectivity index (χ4v) is 0.853. The largest absolute Gasteiger partial charge is 0.480 e. The molecule has 0 radical (unpaired) electrons. The zero-order chi connectivity index (χ0) is 12.3. The Morgan fingerprint density at radius 2 is 2.12 bits per heavy atom. The Labute approximate surface area is 86.0 Å². The van der Waals surface area contributed by atoms with Gasteiger partial charge >= 0.3 is 12.1 Å². The van der Waals surface area contributed by atoms with Gasteiger partial charge in [0.15, 0.2) is 5.69 Å². The molecule has 0 saturated carbocycles. The van der Waals surface area contributed by atoms with E-state index in [-0.39, 0.29) is 0 Å². The molecule has 0 aliphatic rings. The highest BCUT2D eigenvalue weighted by Gasteiger charge is 2.39. The minimum atomic E-state index is -4.83. The first-order chi connectivity index (χ1) is 7.32. The van der Waals surface area contributed by atoms with E-state index in [4.69, 9.17) is 5.11 Å². The summed E-state index contributed by atoms with van der Waals surface area (Å²) in [6.07, 6.45) is -4.33. The summed E-state index contributed by atoms with van der Waals surface area (Å²) in [5, 5.41) is 12.6. The molecule has 1 rings (SSSR count). The maximum atomic E-state index is 12.2. The predicted molar refractivity (Wildman–Crippen MR) is 41.5 cm³/mol. The maximum absolute atomic E-state index is 12.2. The van der Waals surface area contributed by atoms with Gasteiger partial charge in [-0.05, 0) is 0 Å². The fourth-order valence-electron chi connectivity index (χ4n) is 0.853. The Kier molecular flexibility index (Phi) is 3.16. The number of carboxylic acids is 1. The normalized spacial score (nSPS) is 11.2. The van der Waals surface area contributed by atoms with E-state index >= 15 is 0 Å². The topological polar surface area (TPSA) is 92.4 Å². The van der Waals surface area contributed by atoms with Crippen molar-refractivity contribution in [3.05, 3.63) is 17.5 Å². The molecule has 9 heteroatoms. The van der Waals surface area contributed by atoms with Crippen LogP contribution in [0.3, 0.4) is 0 Å². The van der Waals surface area contributed by atoms with Crippen molar-refractivity contribution in [2.75, 3.05) is 6.54 Å². The third kappa shape index (κ3) is 2.72. The van der Waals surface area contributed by atoms with E-state index in [9.17, 15) is 22.8 Å². The standard InChI is InChI=1S/C7H5F3N2O4/c8-7(9,10)5-3(2-16-12-5)6(15)11-1-4(13)14/h2H,1H2,(H,11,15)(H,13,14). The van der Waals surface area contributed by atoms with Gasteiger partial charge in [-0.1, -0.05) is 5.16 Å². The van der Waals surface area contributed by atoms with Gasteiger partial charge < -0.3 is 14.9 Å². The van der Waals surface area contributed by atoms with Crippen LogP contribution < -0.4 is 5.32 Å². The molecule has 0 fully saturated rings. The number of carboxylic acid groups (broad SMARTS) is 1. The SMILES string of the molecule is O=C(O)CNC(=O)c1conc1C(F)(F)F. The molecule has 0 bridgehead atoms. The highest BCUT2D eigenvalue weighted by atomic mass is 19.4. The molecule has 2 N–H and O–H groups in total.